The number of imidazole rings is 1. The van der Waals surface area contributed by atoms with Gasteiger partial charge in [0.05, 0.1) is 17.6 Å². The summed E-state index contributed by atoms with van der Waals surface area (Å²) in [6.45, 7) is 1.01. The van der Waals surface area contributed by atoms with Crippen LogP contribution >= 0.6 is 0 Å². The fourth-order valence-electron chi connectivity index (χ4n) is 1.63. The van der Waals surface area contributed by atoms with E-state index < -0.39 is 0 Å². The number of terminal acetylenes is 1. The number of ether oxygens (including phenoxy) is 1. The standard InChI is InChI=1S/C12H12N2O/c1-3-8-14-11-7-5-4-6-10(11)13-12(14)9-15-2/h1,4-7H,8-9H2,2H3. The van der Waals surface area contributed by atoms with Crippen molar-refractivity contribution in [3.63, 3.8) is 0 Å². The van der Waals surface area contributed by atoms with Gasteiger partial charge in [-0.3, -0.25) is 0 Å². The summed E-state index contributed by atoms with van der Waals surface area (Å²) in [7, 11) is 1.65. The zero-order valence-electron chi connectivity index (χ0n) is 8.60. The normalized spacial score (nSPS) is 10.4. The van der Waals surface area contributed by atoms with Crippen molar-refractivity contribution in [1.82, 2.24) is 9.55 Å². The molecule has 76 valence electrons. The van der Waals surface area contributed by atoms with Crippen LogP contribution in [0.2, 0.25) is 0 Å². The van der Waals surface area contributed by atoms with E-state index in [0.29, 0.717) is 13.2 Å². The number of nitrogens with zero attached hydrogens (tertiary/aromatic N) is 2. The van der Waals surface area contributed by atoms with E-state index >= 15 is 0 Å². The van der Waals surface area contributed by atoms with Gasteiger partial charge in [-0.1, -0.05) is 18.1 Å². The van der Waals surface area contributed by atoms with Gasteiger partial charge in [0.2, 0.25) is 0 Å². The molecule has 2 rings (SSSR count). The van der Waals surface area contributed by atoms with Gasteiger partial charge in [0.15, 0.2) is 0 Å². The first-order valence-electron chi connectivity index (χ1n) is 4.73. The predicted octanol–water partition coefficient (Wildman–Crippen LogP) is 1.82. The lowest BCUT2D eigenvalue weighted by molar-refractivity contribution is 0.175. The lowest BCUT2D eigenvalue weighted by Crippen LogP contribution is -2.03. The quantitative estimate of drug-likeness (QED) is 0.706. The number of rotatable bonds is 3. The van der Waals surface area contributed by atoms with E-state index in [1.54, 1.807) is 7.11 Å². The second-order valence-electron chi connectivity index (χ2n) is 3.24. The summed E-state index contributed by atoms with van der Waals surface area (Å²) in [5.41, 5.74) is 2.02. The first-order chi connectivity index (χ1) is 7.36. The molecule has 0 amide bonds. The molecule has 3 heteroatoms. The number of aromatic nitrogens is 2. The van der Waals surface area contributed by atoms with E-state index in [-0.39, 0.29) is 0 Å². The van der Waals surface area contributed by atoms with Crippen LogP contribution in [0, 0.1) is 12.3 Å². The number of benzene rings is 1. The maximum atomic E-state index is 5.34. The van der Waals surface area contributed by atoms with Gasteiger partial charge >= 0.3 is 0 Å². The van der Waals surface area contributed by atoms with Crippen LogP contribution in [0.25, 0.3) is 11.0 Å². The van der Waals surface area contributed by atoms with Crippen LogP contribution < -0.4 is 0 Å². The Morgan fingerprint density at radius 3 is 3.00 bits per heavy atom. The largest absolute Gasteiger partial charge is 0.377 e. The highest BCUT2D eigenvalue weighted by atomic mass is 16.5. The van der Waals surface area contributed by atoms with E-state index in [0.717, 1.165) is 16.9 Å². The summed E-state index contributed by atoms with van der Waals surface area (Å²) < 4.78 is 7.09. The third-order valence-electron chi connectivity index (χ3n) is 2.26. The van der Waals surface area contributed by atoms with E-state index in [1.807, 2.05) is 28.8 Å². The Morgan fingerprint density at radius 1 is 1.47 bits per heavy atom. The first-order valence-corrected chi connectivity index (χ1v) is 4.73. The van der Waals surface area contributed by atoms with Gasteiger partial charge in [-0.2, -0.15) is 0 Å². The Morgan fingerprint density at radius 2 is 2.27 bits per heavy atom. The molecule has 1 aromatic carbocycles. The molecule has 0 spiro atoms. The van der Waals surface area contributed by atoms with Gasteiger partial charge in [0.1, 0.15) is 12.4 Å². The maximum Gasteiger partial charge on any atom is 0.136 e. The van der Waals surface area contributed by atoms with Crippen LogP contribution in [-0.2, 0) is 17.9 Å². The number of methoxy groups -OCH3 is 1. The molecule has 0 atom stereocenters. The summed E-state index contributed by atoms with van der Waals surface area (Å²) in [6, 6.07) is 7.93. The monoisotopic (exact) mass is 200 g/mol. The molecule has 0 saturated heterocycles. The topological polar surface area (TPSA) is 27.1 Å². The molecule has 0 aliphatic rings. The molecule has 0 saturated carbocycles. The minimum absolute atomic E-state index is 0.483. The molecular formula is C12H12N2O. The molecule has 0 aliphatic heterocycles. The second-order valence-corrected chi connectivity index (χ2v) is 3.24. The van der Waals surface area contributed by atoms with Gasteiger partial charge in [-0.25, -0.2) is 4.98 Å². The molecule has 3 nitrogen and oxygen atoms in total. The molecule has 0 bridgehead atoms. The Balaban J connectivity index is 2.59. The Labute approximate surface area is 88.7 Å². The summed E-state index contributed by atoms with van der Waals surface area (Å²) in [5.74, 6) is 3.50. The van der Waals surface area contributed by atoms with Gasteiger partial charge in [0.25, 0.3) is 0 Å². The first kappa shape index (κ1) is 9.75. The summed E-state index contributed by atoms with van der Waals surface area (Å²) in [6.07, 6.45) is 5.34. The second kappa shape index (κ2) is 4.16. The van der Waals surface area contributed by atoms with Crippen molar-refractivity contribution < 1.29 is 4.74 Å². The Hall–Kier alpha value is -1.79. The fourth-order valence-corrected chi connectivity index (χ4v) is 1.63. The highest BCUT2D eigenvalue weighted by Crippen LogP contribution is 2.16. The third-order valence-corrected chi connectivity index (χ3v) is 2.26. The molecule has 2 aromatic rings. The number of fused-ring (bicyclic) bond motifs is 1. The molecule has 1 heterocycles. The Kier molecular flexibility index (Phi) is 2.70. The Bertz CT molecular complexity index is 508. The third kappa shape index (κ3) is 1.72. The van der Waals surface area contributed by atoms with Crippen LogP contribution in [0.15, 0.2) is 24.3 Å². The SMILES string of the molecule is C#CCn1c(COC)nc2ccccc21. The molecule has 0 fully saturated rings. The van der Waals surface area contributed by atoms with Crippen LogP contribution in [0.5, 0.6) is 0 Å². The van der Waals surface area contributed by atoms with Crippen LogP contribution in [-0.4, -0.2) is 16.7 Å². The van der Waals surface area contributed by atoms with Crippen LogP contribution in [0.1, 0.15) is 5.82 Å². The highest BCUT2D eigenvalue weighted by Gasteiger charge is 2.08. The molecule has 0 unspecified atom stereocenters. The molecule has 0 aliphatic carbocycles. The highest BCUT2D eigenvalue weighted by molar-refractivity contribution is 5.75. The van der Waals surface area contributed by atoms with Crippen LogP contribution in [0.3, 0.4) is 0 Å². The minimum Gasteiger partial charge on any atom is -0.377 e. The van der Waals surface area contributed by atoms with Gasteiger partial charge in [0, 0.05) is 7.11 Å². The fraction of sp³-hybridized carbons (Fsp3) is 0.250. The average Bonchev–Trinajstić information content (AvgIpc) is 2.59. The molecule has 0 N–H and O–H groups in total. The summed E-state index contributed by atoms with van der Waals surface area (Å²) in [4.78, 5) is 4.46. The van der Waals surface area contributed by atoms with E-state index in [2.05, 4.69) is 10.9 Å². The van der Waals surface area contributed by atoms with Crippen molar-refractivity contribution in [2.24, 2.45) is 0 Å². The maximum absolute atomic E-state index is 5.34. The predicted molar refractivity (Wildman–Crippen MR) is 59.3 cm³/mol. The zero-order chi connectivity index (χ0) is 10.7. The molecule has 15 heavy (non-hydrogen) atoms. The van der Waals surface area contributed by atoms with Crippen LogP contribution in [0.4, 0.5) is 0 Å². The van der Waals surface area contributed by atoms with Gasteiger partial charge < -0.3 is 9.30 Å². The zero-order valence-corrected chi connectivity index (χ0v) is 8.60. The van der Waals surface area contributed by atoms with Crippen molar-refractivity contribution in [1.29, 1.82) is 0 Å². The van der Waals surface area contributed by atoms with Crippen molar-refractivity contribution in [3.05, 3.63) is 30.1 Å². The summed E-state index contributed by atoms with van der Waals surface area (Å²) in [5, 5.41) is 0. The van der Waals surface area contributed by atoms with Gasteiger partial charge in [-0.05, 0) is 12.1 Å². The lowest BCUT2D eigenvalue weighted by atomic mass is 10.3. The minimum atomic E-state index is 0.483. The van der Waals surface area contributed by atoms with Crippen molar-refractivity contribution in [3.8, 4) is 12.3 Å². The van der Waals surface area contributed by atoms with E-state index in [9.17, 15) is 0 Å². The molecule has 0 radical (unpaired) electrons. The number of para-hydroxylation sites is 2. The van der Waals surface area contributed by atoms with E-state index in [4.69, 9.17) is 11.2 Å². The number of hydrogen-bond donors (Lipinski definition) is 0. The molecule has 1 aromatic heterocycles. The number of hydrogen-bond acceptors (Lipinski definition) is 2. The van der Waals surface area contributed by atoms with E-state index in [1.165, 1.54) is 0 Å². The lowest BCUT2D eigenvalue weighted by Gasteiger charge is -2.03. The van der Waals surface area contributed by atoms with Crippen molar-refractivity contribution in [2.45, 2.75) is 13.2 Å². The van der Waals surface area contributed by atoms with Crippen molar-refractivity contribution in [2.75, 3.05) is 7.11 Å². The smallest absolute Gasteiger partial charge is 0.136 e. The summed E-state index contributed by atoms with van der Waals surface area (Å²) >= 11 is 0. The van der Waals surface area contributed by atoms with Gasteiger partial charge in [-0.15, -0.1) is 6.42 Å². The molecular weight excluding hydrogens is 188 g/mol. The average molecular weight is 200 g/mol. The van der Waals surface area contributed by atoms with Crippen molar-refractivity contribution >= 4 is 11.0 Å².